The second-order valence-electron chi connectivity index (χ2n) is 2.53. The highest BCUT2D eigenvalue weighted by Gasteiger charge is 2.06. The van der Waals surface area contributed by atoms with E-state index in [2.05, 4.69) is 4.98 Å². The zero-order chi connectivity index (χ0) is 9.68. The normalized spacial score (nSPS) is 11.3. The lowest BCUT2D eigenvalue weighted by Gasteiger charge is -1.93. The number of nitrogens with zero attached hydrogens (tertiary/aromatic N) is 2. The summed E-state index contributed by atoms with van der Waals surface area (Å²) >= 11 is 0. The van der Waals surface area contributed by atoms with Crippen molar-refractivity contribution >= 4 is 6.08 Å². The SMILES string of the molecule is CCC(=Cc1cccnc1)[N+](=O)[O-]. The predicted molar refractivity (Wildman–Crippen MR) is 49.5 cm³/mol. The monoisotopic (exact) mass is 178 g/mol. The van der Waals surface area contributed by atoms with Crippen LogP contribution in [-0.2, 0) is 0 Å². The summed E-state index contributed by atoms with van der Waals surface area (Å²) in [6, 6.07) is 3.53. The Labute approximate surface area is 76.1 Å². The molecule has 1 aromatic heterocycles. The molecule has 0 aliphatic rings. The van der Waals surface area contributed by atoms with Gasteiger partial charge in [-0.2, -0.15) is 0 Å². The molecule has 0 fully saturated rings. The fourth-order valence-electron chi connectivity index (χ4n) is 0.938. The summed E-state index contributed by atoms with van der Waals surface area (Å²) in [6.45, 7) is 1.75. The van der Waals surface area contributed by atoms with Crippen LogP contribution in [0, 0.1) is 10.1 Å². The third-order valence-corrected chi connectivity index (χ3v) is 1.61. The van der Waals surface area contributed by atoms with Gasteiger partial charge in [0.1, 0.15) is 0 Å². The largest absolute Gasteiger partial charge is 0.264 e. The number of aromatic nitrogens is 1. The molecule has 1 rings (SSSR count). The second kappa shape index (κ2) is 4.35. The number of hydrogen-bond donors (Lipinski definition) is 0. The van der Waals surface area contributed by atoms with Gasteiger partial charge in [-0.25, -0.2) is 0 Å². The van der Waals surface area contributed by atoms with Crippen molar-refractivity contribution in [3.8, 4) is 0 Å². The number of allylic oxidation sites excluding steroid dienone is 1. The summed E-state index contributed by atoms with van der Waals surface area (Å²) in [7, 11) is 0. The van der Waals surface area contributed by atoms with E-state index in [4.69, 9.17) is 0 Å². The van der Waals surface area contributed by atoms with Crippen molar-refractivity contribution in [3.05, 3.63) is 45.9 Å². The van der Waals surface area contributed by atoms with Crippen LogP contribution in [0.5, 0.6) is 0 Å². The van der Waals surface area contributed by atoms with Gasteiger partial charge in [-0.15, -0.1) is 0 Å². The molecular formula is C9H10N2O2. The lowest BCUT2D eigenvalue weighted by Crippen LogP contribution is -1.96. The maximum Gasteiger partial charge on any atom is 0.246 e. The maximum atomic E-state index is 10.5. The number of nitro groups is 1. The number of rotatable bonds is 3. The highest BCUT2D eigenvalue weighted by molar-refractivity contribution is 5.49. The molecule has 1 aromatic rings. The zero-order valence-electron chi connectivity index (χ0n) is 7.30. The van der Waals surface area contributed by atoms with Crippen LogP contribution in [0.3, 0.4) is 0 Å². The third kappa shape index (κ3) is 2.66. The average molecular weight is 178 g/mol. The van der Waals surface area contributed by atoms with Gasteiger partial charge >= 0.3 is 0 Å². The minimum absolute atomic E-state index is 0.202. The van der Waals surface area contributed by atoms with E-state index in [9.17, 15) is 10.1 Å². The molecule has 0 atom stereocenters. The minimum Gasteiger partial charge on any atom is -0.264 e. The minimum atomic E-state index is -0.368. The standard InChI is InChI=1S/C9H10N2O2/c1-2-9(11(12)13)6-8-4-3-5-10-7-8/h3-7H,2H2,1H3. The van der Waals surface area contributed by atoms with Crippen LogP contribution < -0.4 is 0 Å². The molecule has 0 saturated heterocycles. The summed E-state index contributed by atoms with van der Waals surface area (Å²) in [6.07, 6.45) is 5.18. The Kier molecular flexibility index (Phi) is 3.14. The van der Waals surface area contributed by atoms with E-state index in [0.29, 0.717) is 6.42 Å². The summed E-state index contributed by atoms with van der Waals surface area (Å²) in [5.41, 5.74) is 0.962. The average Bonchev–Trinajstić information content (AvgIpc) is 2.15. The Morgan fingerprint density at radius 2 is 2.54 bits per heavy atom. The highest BCUT2D eigenvalue weighted by Crippen LogP contribution is 2.08. The molecule has 0 amide bonds. The molecule has 4 heteroatoms. The van der Waals surface area contributed by atoms with Crippen LogP contribution in [0.4, 0.5) is 0 Å². The fourth-order valence-corrected chi connectivity index (χ4v) is 0.938. The molecule has 0 unspecified atom stereocenters. The van der Waals surface area contributed by atoms with Crippen molar-refractivity contribution < 1.29 is 4.92 Å². The lowest BCUT2D eigenvalue weighted by molar-refractivity contribution is -0.425. The van der Waals surface area contributed by atoms with Gasteiger partial charge in [-0.05, 0) is 11.6 Å². The highest BCUT2D eigenvalue weighted by atomic mass is 16.6. The summed E-state index contributed by atoms with van der Waals surface area (Å²) in [5.74, 6) is 0. The Bertz CT molecular complexity index is 320. The maximum absolute atomic E-state index is 10.5. The van der Waals surface area contributed by atoms with Crippen LogP contribution in [0.15, 0.2) is 30.2 Å². The molecule has 68 valence electrons. The van der Waals surface area contributed by atoms with E-state index in [-0.39, 0.29) is 10.6 Å². The topological polar surface area (TPSA) is 56.0 Å². The lowest BCUT2D eigenvalue weighted by atomic mass is 10.2. The molecule has 4 nitrogen and oxygen atoms in total. The van der Waals surface area contributed by atoms with E-state index >= 15 is 0 Å². The molecule has 0 radical (unpaired) electrons. The quantitative estimate of drug-likeness (QED) is 0.526. The number of hydrogen-bond acceptors (Lipinski definition) is 3. The van der Waals surface area contributed by atoms with Gasteiger partial charge in [0.2, 0.25) is 5.70 Å². The molecule has 1 heterocycles. The van der Waals surface area contributed by atoms with E-state index in [0.717, 1.165) is 5.56 Å². The smallest absolute Gasteiger partial charge is 0.246 e. The molecule has 13 heavy (non-hydrogen) atoms. The first-order chi connectivity index (χ1) is 6.24. The van der Waals surface area contributed by atoms with Gasteiger partial charge in [0.05, 0.1) is 4.92 Å². The first kappa shape index (κ1) is 9.38. The first-order valence-electron chi connectivity index (χ1n) is 3.99. The Hall–Kier alpha value is -1.71. The van der Waals surface area contributed by atoms with E-state index in [1.165, 1.54) is 6.08 Å². The van der Waals surface area contributed by atoms with E-state index in [1.807, 2.05) is 0 Å². The zero-order valence-corrected chi connectivity index (χ0v) is 7.30. The van der Waals surface area contributed by atoms with Gasteiger partial charge in [-0.3, -0.25) is 15.1 Å². The number of pyridine rings is 1. The molecule has 0 aromatic carbocycles. The van der Waals surface area contributed by atoms with Crippen molar-refractivity contribution in [1.29, 1.82) is 0 Å². The van der Waals surface area contributed by atoms with Gasteiger partial charge in [0, 0.05) is 24.9 Å². The second-order valence-corrected chi connectivity index (χ2v) is 2.53. The fraction of sp³-hybridized carbons (Fsp3) is 0.222. The van der Waals surface area contributed by atoms with Crippen molar-refractivity contribution in [1.82, 2.24) is 4.98 Å². The van der Waals surface area contributed by atoms with Crippen LogP contribution in [0.1, 0.15) is 18.9 Å². The Morgan fingerprint density at radius 3 is 3.00 bits per heavy atom. The Morgan fingerprint density at radius 1 is 1.77 bits per heavy atom. The van der Waals surface area contributed by atoms with Crippen molar-refractivity contribution in [2.45, 2.75) is 13.3 Å². The van der Waals surface area contributed by atoms with Crippen molar-refractivity contribution in [2.75, 3.05) is 0 Å². The molecule has 0 aliphatic carbocycles. The Balaban J connectivity index is 2.92. The van der Waals surface area contributed by atoms with Gasteiger partial charge < -0.3 is 0 Å². The van der Waals surface area contributed by atoms with Gasteiger partial charge in [0.15, 0.2) is 0 Å². The molecule has 0 aliphatic heterocycles. The van der Waals surface area contributed by atoms with Crippen molar-refractivity contribution in [3.63, 3.8) is 0 Å². The molecule has 0 spiro atoms. The van der Waals surface area contributed by atoms with Crippen molar-refractivity contribution in [2.24, 2.45) is 0 Å². The van der Waals surface area contributed by atoms with E-state index < -0.39 is 0 Å². The predicted octanol–water partition coefficient (Wildman–Crippen LogP) is 2.11. The first-order valence-corrected chi connectivity index (χ1v) is 3.99. The summed E-state index contributed by atoms with van der Waals surface area (Å²) in [5, 5.41) is 10.5. The summed E-state index contributed by atoms with van der Waals surface area (Å²) in [4.78, 5) is 13.9. The van der Waals surface area contributed by atoms with Gasteiger partial charge in [-0.1, -0.05) is 13.0 Å². The van der Waals surface area contributed by atoms with Crippen LogP contribution >= 0.6 is 0 Å². The van der Waals surface area contributed by atoms with E-state index in [1.54, 1.807) is 31.5 Å². The molecule has 0 N–H and O–H groups in total. The summed E-state index contributed by atoms with van der Waals surface area (Å²) < 4.78 is 0. The van der Waals surface area contributed by atoms with Gasteiger partial charge in [0.25, 0.3) is 0 Å². The molecule has 0 saturated carbocycles. The molecular weight excluding hydrogens is 168 g/mol. The van der Waals surface area contributed by atoms with Crippen LogP contribution in [0.25, 0.3) is 6.08 Å². The molecule has 0 bridgehead atoms. The van der Waals surface area contributed by atoms with Crippen LogP contribution in [-0.4, -0.2) is 9.91 Å². The van der Waals surface area contributed by atoms with Crippen LogP contribution in [0.2, 0.25) is 0 Å². The third-order valence-electron chi connectivity index (χ3n) is 1.61.